The second kappa shape index (κ2) is 5.82. The summed E-state index contributed by atoms with van der Waals surface area (Å²) in [4.78, 5) is 11.4. The molecule has 0 aromatic heterocycles. The first-order valence-electron chi connectivity index (χ1n) is 4.80. The highest BCUT2D eigenvalue weighted by Gasteiger charge is 2.14. The number of ether oxygens (including phenoxy) is 1. The van der Waals surface area contributed by atoms with Gasteiger partial charge in [0.25, 0.3) is 0 Å². The Bertz CT molecular complexity index is 393. The number of rotatable bonds is 4. The van der Waals surface area contributed by atoms with Crippen molar-refractivity contribution in [3.05, 3.63) is 34.1 Å². The summed E-state index contributed by atoms with van der Waals surface area (Å²) in [7, 11) is 0. The summed E-state index contributed by atoms with van der Waals surface area (Å²) in [6.45, 7) is 1.58. The standard InChI is InChI=1S/C11H12ClFO3/c1-7-5-9(12)8(6-10(7)13)11(15)16-4-2-3-14/h5-6,14H,2-4H2,1H3. The van der Waals surface area contributed by atoms with Crippen LogP contribution in [-0.4, -0.2) is 24.3 Å². The number of halogens is 2. The van der Waals surface area contributed by atoms with Gasteiger partial charge in [0.2, 0.25) is 0 Å². The van der Waals surface area contributed by atoms with Gasteiger partial charge >= 0.3 is 5.97 Å². The summed E-state index contributed by atoms with van der Waals surface area (Å²) < 4.78 is 18.0. The number of benzene rings is 1. The molecule has 5 heteroatoms. The predicted octanol–water partition coefficient (Wildman–Crippen LogP) is 2.33. The van der Waals surface area contributed by atoms with Gasteiger partial charge in [-0.1, -0.05) is 11.6 Å². The van der Waals surface area contributed by atoms with E-state index in [1.807, 2.05) is 0 Å². The molecule has 1 rings (SSSR count). The van der Waals surface area contributed by atoms with Crippen LogP contribution >= 0.6 is 11.6 Å². The van der Waals surface area contributed by atoms with Crippen LogP contribution < -0.4 is 0 Å². The Hall–Kier alpha value is -1.13. The fourth-order valence-electron chi connectivity index (χ4n) is 1.11. The number of aryl methyl sites for hydroxylation is 1. The lowest BCUT2D eigenvalue weighted by atomic mass is 10.1. The quantitative estimate of drug-likeness (QED) is 0.655. The average Bonchev–Trinajstić information content (AvgIpc) is 2.23. The predicted molar refractivity (Wildman–Crippen MR) is 58.1 cm³/mol. The number of esters is 1. The molecule has 0 aliphatic rings. The maximum atomic E-state index is 13.2. The largest absolute Gasteiger partial charge is 0.462 e. The van der Waals surface area contributed by atoms with Crippen LogP contribution in [0.4, 0.5) is 4.39 Å². The molecule has 1 aromatic carbocycles. The van der Waals surface area contributed by atoms with Crippen LogP contribution in [-0.2, 0) is 4.74 Å². The molecule has 0 atom stereocenters. The van der Waals surface area contributed by atoms with Gasteiger partial charge in [-0.05, 0) is 24.6 Å². The van der Waals surface area contributed by atoms with Crippen molar-refractivity contribution < 1.29 is 19.0 Å². The van der Waals surface area contributed by atoms with Crippen molar-refractivity contribution >= 4 is 17.6 Å². The summed E-state index contributed by atoms with van der Waals surface area (Å²) in [5.41, 5.74) is 0.375. The van der Waals surface area contributed by atoms with Gasteiger partial charge in [0.15, 0.2) is 0 Å². The number of carbonyl (C=O) groups excluding carboxylic acids is 1. The number of aliphatic hydroxyl groups excluding tert-OH is 1. The molecule has 88 valence electrons. The molecule has 16 heavy (non-hydrogen) atoms. The van der Waals surface area contributed by atoms with E-state index in [0.29, 0.717) is 12.0 Å². The highest BCUT2D eigenvalue weighted by atomic mass is 35.5. The summed E-state index contributed by atoms with van der Waals surface area (Å²) in [5, 5.41) is 8.67. The second-order valence-electron chi connectivity index (χ2n) is 3.29. The Balaban J connectivity index is 2.79. The van der Waals surface area contributed by atoms with Crippen LogP contribution in [0.5, 0.6) is 0 Å². The molecule has 0 spiro atoms. The van der Waals surface area contributed by atoms with E-state index in [4.69, 9.17) is 21.4 Å². The van der Waals surface area contributed by atoms with Crippen molar-refractivity contribution in [1.82, 2.24) is 0 Å². The monoisotopic (exact) mass is 246 g/mol. The molecule has 3 nitrogen and oxygen atoms in total. The van der Waals surface area contributed by atoms with E-state index in [2.05, 4.69) is 0 Å². The fraction of sp³-hybridized carbons (Fsp3) is 0.364. The molecule has 0 amide bonds. The first-order valence-corrected chi connectivity index (χ1v) is 5.17. The molecule has 0 aliphatic carbocycles. The Kier molecular flexibility index (Phi) is 4.71. The van der Waals surface area contributed by atoms with Crippen molar-refractivity contribution in [2.45, 2.75) is 13.3 Å². The lowest BCUT2D eigenvalue weighted by Gasteiger charge is -2.06. The average molecular weight is 247 g/mol. The number of aliphatic hydroxyl groups is 1. The molecule has 0 radical (unpaired) electrons. The SMILES string of the molecule is Cc1cc(Cl)c(C(=O)OCCCO)cc1F. The van der Waals surface area contributed by atoms with Crippen LogP contribution in [0.1, 0.15) is 22.3 Å². The second-order valence-corrected chi connectivity index (χ2v) is 3.70. The van der Waals surface area contributed by atoms with E-state index in [1.165, 1.54) is 6.07 Å². The van der Waals surface area contributed by atoms with Crippen LogP contribution in [0.15, 0.2) is 12.1 Å². The van der Waals surface area contributed by atoms with E-state index < -0.39 is 11.8 Å². The third-order valence-electron chi connectivity index (χ3n) is 2.00. The van der Waals surface area contributed by atoms with Gasteiger partial charge in [0, 0.05) is 13.0 Å². The van der Waals surface area contributed by atoms with Gasteiger partial charge in [-0.2, -0.15) is 0 Å². The number of hydrogen-bond donors (Lipinski definition) is 1. The maximum Gasteiger partial charge on any atom is 0.339 e. The van der Waals surface area contributed by atoms with Gasteiger partial charge < -0.3 is 9.84 Å². The summed E-state index contributed by atoms with van der Waals surface area (Å²) in [6.07, 6.45) is 0.345. The molecule has 0 aliphatic heterocycles. The van der Waals surface area contributed by atoms with Crippen LogP contribution in [0.2, 0.25) is 5.02 Å². The molecule has 0 fully saturated rings. The molecule has 1 aromatic rings. The van der Waals surface area contributed by atoms with Crippen molar-refractivity contribution in [1.29, 1.82) is 0 Å². The molecular formula is C11H12ClFO3. The lowest BCUT2D eigenvalue weighted by molar-refractivity contribution is 0.0482. The number of carbonyl (C=O) groups is 1. The van der Waals surface area contributed by atoms with Crippen molar-refractivity contribution in [2.75, 3.05) is 13.2 Å². The van der Waals surface area contributed by atoms with Crippen molar-refractivity contribution in [2.24, 2.45) is 0 Å². The molecule has 0 bridgehead atoms. The highest BCUT2D eigenvalue weighted by molar-refractivity contribution is 6.33. The zero-order valence-corrected chi connectivity index (χ0v) is 9.55. The van der Waals surface area contributed by atoms with E-state index in [-0.39, 0.29) is 23.8 Å². The summed E-state index contributed by atoms with van der Waals surface area (Å²) in [6, 6.07) is 2.43. The molecule has 1 N–H and O–H groups in total. The van der Waals surface area contributed by atoms with Crippen LogP contribution in [0, 0.1) is 12.7 Å². The molecule has 0 saturated heterocycles. The van der Waals surface area contributed by atoms with Gasteiger partial charge in [0.05, 0.1) is 17.2 Å². The number of hydrogen-bond acceptors (Lipinski definition) is 3. The van der Waals surface area contributed by atoms with E-state index >= 15 is 0 Å². The van der Waals surface area contributed by atoms with Crippen molar-refractivity contribution in [3.8, 4) is 0 Å². The normalized spacial score (nSPS) is 10.2. The highest BCUT2D eigenvalue weighted by Crippen LogP contribution is 2.21. The first-order chi connectivity index (χ1) is 7.56. The molecular weight excluding hydrogens is 235 g/mol. The van der Waals surface area contributed by atoms with Gasteiger partial charge in [-0.25, -0.2) is 9.18 Å². The van der Waals surface area contributed by atoms with Crippen LogP contribution in [0.3, 0.4) is 0 Å². The fourth-order valence-corrected chi connectivity index (χ4v) is 1.41. The van der Waals surface area contributed by atoms with E-state index in [1.54, 1.807) is 6.92 Å². The minimum Gasteiger partial charge on any atom is -0.462 e. The topological polar surface area (TPSA) is 46.5 Å². The zero-order valence-electron chi connectivity index (χ0n) is 8.80. The maximum absolute atomic E-state index is 13.2. The Labute approximate surface area is 97.8 Å². The lowest BCUT2D eigenvalue weighted by Crippen LogP contribution is -2.08. The van der Waals surface area contributed by atoms with Gasteiger partial charge in [0.1, 0.15) is 5.82 Å². The Morgan fingerprint density at radius 1 is 1.56 bits per heavy atom. The zero-order chi connectivity index (χ0) is 12.1. The van der Waals surface area contributed by atoms with E-state index in [9.17, 15) is 9.18 Å². The van der Waals surface area contributed by atoms with Crippen LogP contribution in [0.25, 0.3) is 0 Å². The Morgan fingerprint density at radius 3 is 2.88 bits per heavy atom. The van der Waals surface area contributed by atoms with Crippen molar-refractivity contribution in [3.63, 3.8) is 0 Å². The third-order valence-corrected chi connectivity index (χ3v) is 2.32. The molecule has 0 unspecified atom stereocenters. The minimum absolute atomic E-state index is 0.00251. The van der Waals surface area contributed by atoms with Gasteiger partial charge in [-0.15, -0.1) is 0 Å². The Morgan fingerprint density at radius 2 is 2.25 bits per heavy atom. The molecule has 0 heterocycles. The smallest absolute Gasteiger partial charge is 0.339 e. The molecule has 0 saturated carbocycles. The summed E-state index contributed by atoms with van der Waals surface area (Å²) in [5.74, 6) is -1.18. The van der Waals surface area contributed by atoms with Gasteiger partial charge in [-0.3, -0.25) is 0 Å². The minimum atomic E-state index is -0.683. The third kappa shape index (κ3) is 3.18. The first kappa shape index (κ1) is 12.9. The summed E-state index contributed by atoms with van der Waals surface area (Å²) >= 11 is 5.79. The van der Waals surface area contributed by atoms with E-state index in [0.717, 1.165) is 6.07 Å².